The second kappa shape index (κ2) is 4.96. The standard InChI is InChI=1S/C14H22N4O/c1-10-3-2-4-11(15)13(10)14(19)18-8-7-17-6-5-16-12(17)9-18/h5-6,10-11,13H,2-4,7-9,15H2,1H3. The number of imidazole rings is 1. The fourth-order valence-corrected chi connectivity index (χ4v) is 3.46. The molecular formula is C14H22N4O. The molecule has 19 heavy (non-hydrogen) atoms. The number of amides is 1. The van der Waals surface area contributed by atoms with Crippen LogP contribution in [0.2, 0.25) is 0 Å². The van der Waals surface area contributed by atoms with Crippen LogP contribution in [0, 0.1) is 11.8 Å². The van der Waals surface area contributed by atoms with E-state index in [1.165, 1.54) is 0 Å². The maximum atomic E-state index is 12.7. The van der Waals surface area contributed by atoms with Gasteiger partial charge in [0.2, 0.25) is 5.91 Å². The highest BCUT2D eigenvalue weighted by Gasteiger charge is 2.37. The van der Waals surface area contributed by atoms with Crippen molar-refractivity contribution < 1.29 is 4.79 Å². The van der Waals surface area contributed by atoms with Crippen LogP contribution in [-0.4, -0.2) is 32.9 Å². The molecular weight excluding hydrogens is 240 g/mol. The van der Waals surface area contributed by atoms with E-state index in [0.717, 1.165) is 38.2 Å². The number of carbonyl (C=O) groups excluding carboxylic acids is 1. The molecule has 0 aromatic carbocycles. The molecule has 1 aromatic rings. The SMILES string of the molecule is CC1CCCC(N)C1C(=O)N1CCn2ccnc2C1. The molecule has 3 atom stereocenters. The molecule has 0 saturated heterocycles. The molecule has 3 unspecified atom stereocenters. The first-order valence-electron chi connectivity index (χ1n) is 7.21. The number of aromatic nitrogens is 2. The third-order valence-corrected chi connectivity index (χ3v) is 4.61. The molecule has 1 aromatic heterocycles. The van der Waals surface area contributed by atoms with Gasteiger partial charge < -0.3 is 15.2 Å². The summed E-state index contributed by atoms with van der Waals surface area (Å²) < 4.78 is 2.12. The molecule has 3 rings (SSSR count). The van der Waals surface area contributed by atoms with Crippen molar-refractivity contribution in [2.75, 3.05) is 6.54 Å². The van der Waals surface area contributed by atoms with Crippen molar-refractivity contribution in [2.45, 2.75) is 45.3 Å². The van der Waals surface area contributed by atoms with E-state index >= 15 is 0 Å². The number of rotatable bonds is 1. The summed E-state index contributed by atoms with van der Waals surface area (Å²) >= 11 is 0. The highest BCUT2D eigenvalue weighted by Crippen LogP contribution is 2.31. The Bertz CT molecular complexity index is 460. The molecule has 5 nitrogen and oxygen atoms in total. The van der Waals surface area contributed by atoms with Gasteiger partial charge in [0.25, 0.3) is 0 Å². The molecule has 104 valence electrons. The zero-order valence-corrected chi connectivity index (χ0v) is 11.5. The van der Waals surface area contributed by atoms with E-state index in [2.05, 4.69) is 16.5 Å². The second-order valence-corrected chi connectivity index (χ2v) is 5.89. The van der Waals surface area contributed by atoms with E-state index in [0.29, 0.717) is 12.5 Å². The Morgan fingerprint density at radius 1 is 1.42 bits per heavy atom. The van der Waals surface area contributed by atoms with Crippen molar-refractivity contribution in [3.63, 3.8) is 0 Å². The van der Waals surface area contributed by atoms with Crippen molar-refractivity contribution in [2.24, 2.45) is 17.6 Å². The molecule has 0 spiro atoms. The minimum absolute atomic E-state index is 0.00439. The molecule has 1 aliphatic heterocycles. The van der Waals surface area contributed by atoms with Crippen LogP contribution in [0.5, 0.6) is 0 Å². The van der Waals surface area contributed by atoms with Gasteiger partial charge in [-0.05, 0) is 18.8 Å². The first kappa shape index (κ1) is 12.7. The summed E-state index contributed by atoms with van der Waals surface area (Å²) in [5.41, 5.74) is 6.18. The molecule has 2 aliphatic rings. The predicted molar refractivity (Wildman–Crippen MR) is 72.1 cm³/mol. The summed E-state index contributed by atoms with van der Waals surface area (Å²) in [7, 11) is 0. The Kier molecular flexibility index (Phi) is 3.31. The summed E-state index contributed by atoms with van der Waals surface area (Å²) in [6.45, 7) is 4.41. The van der Waals surface area contributed by atoms with E-state index in [1.807, 2.05) is 11.1 Å². The molecule has 2 N–H and O–H groups in total. The second-order valence-electron chi connectivity index (χ2n) is 5.89. The summed E-state index contributed by atoms with van der Waals surface area (Å²) in [5.74, 6) is 1.61. The maximum Gasteiger partial charge on any atom is 0.227 e. The van der Waals surface area contributed by atoms with Gasteiger partial charge in [-0.1, -0.05) is 13.3 Å². The van der Waals surface area contributed by atoms with Crippen LogP contribution < -0.4 is 5.73 Å². The van der Waals surface area contributed by atoms with Crippen molar-refractivity contribution in [1.29, 1.82) is 0 Å². The zero-order chi connectivity index (χ0) is 13.4. The Morgan fingerprint density at radius 3 is 3.05 bits per heavy atom. The van der Waals surface area contributed by atoms with Gasteiger partial charge >= 0.3 is 0 Å². The number of hydrogen-bond donors (Lipinski definition) is 1. The summed E-state index contributed by atoms with van der Waals surface area (Å²) in [5, 5.41) is 0. The van der Waals surface area contributed by atoms with Gasteiger partial charge in [-0.15, -0.1) is 0 Å². The van der Waals surface area contributed by atoms with Gasteiger partial charge in [0.15, 0.2) is 0 Å². The topological polar surface area (TPSA) is 64.2 Å². The van der Waals surface area contributed by atoms with E-state index in [4.69, 9.17) is 5.73 Å². The van der Waals surface area contributed by atoms with Gasteiger partial charge in [-0.25, -0.2) is 4.98 Å². The molecule has 5 heteroatoms. The van der Waals surface area contributed by atoms with Crippen LogP contribution in [0.4, 0.5) is 0 Å². The van der Waals surface area contributed by atoms with Crippen LogP contribution >= 0.6 is 0 Å². The van der Waals surface area contributed by atoms with Crippen molar-refractivity contribution >= 4 is 5.91 Å². The van der Waals surface area contributed by atoms with Gasteiger partial charge in [-0.2, -0.15) is 0 Å². The molecule has 0 bridgehead atoms. The molecule has 1 saturated carbocycles. The molecule has 2 heterocycles. The highest BCUT2D eigenvalue weighted by atomic mass is 16.2. The Morgan fingerprint density at radius 2 is 2.26 bits per heavy atom. The zero-order valence-electron chi connectivity index (χ0n) is 11.5. The Balaban J connectivity index is 1.74. The molecule has 1 fully saturated rings. The summed E-state index contributed by atoms with van der Waals surface area (Å²) in [6.07, 6.45) is 7.02. The summed E-state index contributed by atoms with van der Waals surface area (Å²) in [6, 6.07) is 0.0259. The van der Waals surface area contributed by atoms with Crippen LogP contribution in [-0.2, 0) is 17.9 Å². The Hall–Kier alpha value is -1.36. The van der Waals surface area contributed by atoms with Gasteiger partial charge in [0.1, 0.15) is 5.82 Å². The lowest BCUT2D eigenvalue weighted by Gasteiger charge is -2.38. The fraction of sp³-hybridized carbons (Fsp3) is 0.714. The molecule has 1 amide bonds. The average molecular weight is 262 g/mol. The lowest BCUT2D eigenvalue weighted by molar-refractivity contribution is -0.140. The van der Waals surface area contributed by atoms with Crippen LogP contribution in [0.1, 0.15) is 32.0 Å². The molecule has 1 aliphatic carbocycles. The van der Waals surface area contributed by atoms with Gasteiger partial charge in [-0.3, -0.25) is 4.79 Å². The Labute approximate surface area is 113 Å². The van der Waals surface area contributed by atoms with Crippen molar-refractivity contribution in [3.8, 4) is 0 Å². The number of carbonyl (C=O) groups is 1. The van der Waals surface area contributed by atoms with E-state index in [1.54, 1.807) is 6.20 Å². The van der Waals surface area contributed by atoms with Gasteiger partial charge in [0.05, 0.1) is 12.5 Å². The van der Waals surface area contributed by atoms with Crippen molar-refractivity contribution in [3.05, 3.63) is 18.2 Å². The normalized spacial score (nSPS) is 31.1. The summed E-state index contributed by atoms with van der Waals surface area (Å²) in [4.78, 5) is 19.0. The first-order chi connectivity index (χ1) is 9.16. The van der Waals surface area contributed by atoms with E-state index in [9.17, 15) is 4.79 Å². The quantitative estimate of drug-likeness (QED) is 0.821. The van der Waals surface area contributed by atoms with E-state index in [-0.39, 0.29) is 17.9 Å². The third kappa shape index (κ3) is 2.27. The maximum absolute atomic E-state index is 12.7. The van der Waals surface area contributed by atoms with Crippen LogP contribution in [0.15, 0.2) is 12.4 Å². The molecule has 0 radical (unpaired) electrons. The minimum atomic E-state index is -0.00439. The first-order valence-corrected chi connectivity index (χ1v) is 7.21. The monoisotopic (exact) mass is 262 g/mol. The number of hydrogen-bond acceptors (Lipinski definition) is 3. The highest BCUT2D eigenvalue weighted by molar-refractivity contribution is 5.80. The van der Waals surface area contributed by atoms with E-state index < -0.39 is 0 Å². The minimum Gasteiger partial charge on any atom is -0.333 e. The van der Waals surface area contributed by atoms with Crippen LogP contribution in [0.25, 0.3) is 0 Å². The average Bonchev–Trinajstić information content (AvgIpc) is 2.85. The number of fused-ring (bicyclic) bond motifs is 1. The van der Waals surface area contributed by atoms with Crippen LogP contribution in [0.3, 0.4) is 0 Å². The fourth-order valence-electron chi connectivity index (χ4n) is 3.46. The van der Waals surface area contributed by atoms with Crippen molar-refractivity contribution in [1.82, 2.24) is 14.5 Å². The lowest BCUT2D eigenvalue weighted by atomic mass is 9.76. The number of nitrogens with two attached hydrogens (primary N) is 1. The van der Waals surface area contributed by atoms with Gasteiger partial charge in [0, 0.05) is 31.5 Å². The number of nitrogens with zero attached hydrogens (tertiary/aromatic N) is 3. The third-order valence-electron chi connectivity index (χ3n) is 4.61. The smallest absolute Gasteiger partial charge is 0.227 e. The lowest BCUT2D eigenvalue weighted by Crippen LogP contribution is -2.50. The largest absolute Gasteiger partial charge is 0.333 e. The predicted octanol–water partition coefficient (Wildman–Crippen LogP) is 0.989.